The third-order valence-corrected chi connectivity index (χ3v) is 5.37. The zero-order chi connectivity index (χ0) is 21.7. The molecule has 2 amide bonds. The molecule has 0 aliphatic heterocycles. The second-order valence-corrected chi connectivity index (χ2v) is 7.42. The molecular weight excluding hydrogens is 411 g/mol. The van der Waals surface area contributed by atoms with E-state index in [0.717, 1.165) is 17.7 Å². The van der Waals surface area contributed by atoms with Crippen molar-refractivity contribution in [2.24, 2.45) is 0 Å². The van der Waals surface area contributed by atoms with Crippen LogP contribution in [0.4, 0.5) is 4.39 Å². The number of benzene rings is 1. The van der Waals surface area contributed by atoms with Gasteiger partial charge in [-0.15, -0.1) is 11.3 Å². The molecule has 30 heavy (non-hydrogen) atoms. The molecule has 0 spiro atoms. The predicted molar refractivity (Wildman–Crippen MR) is 107 cm³/mol. The fourth-order valence-corrected chi connectivity index (χ4v) is 3.37. The third-order valence-electron chi connectivity index (χ3n) is 4.11. The van der Waals surface area contributed by atoms with Crippen molar-refractivity contribution in [2.75, 3.05) is 0 Å². The lowest BCUT2D eigenvalue weighted by atomic mass is 10.2. The number of halogens is 1. The Morgan fingerprint density at radius 3 is 2.37 bits per heavy atom. The summed E-state index contributed by atoms with van der Waals surface area (Å²) in [4.78, 5) is 44.4. The van der Waals surface area contributed by atoms with E-state index in [-0.39, 0.29) is 28.6 Å². The van der Waals surface area contributed by atoms with Crippen LogP contribution in [0.15, 0.2) is 48.8 Å². The monoisotopic (exact) mass is 428 g/mol. The molecule has 10 heteroatoms. The molecule has 1 aromatic carbocycles. The number of carbonyl (C=O) groups excluding carboxylic acids is 2. The SMILES string of the molecule is C[C@H](NC(=O)c1cc(C(=O)NCc2ccc(F)cc2)ncn1)c1ccc(C(=O)O)s1. The third kappa shape index (κ3) is 5.23. The van der Waals surface area contributed by atoms with E-state index in [4.69, 9.17) is 5.11 Å². The van der Waals surface area contributed by atoms with Crippen molar-refractivity contribution in [3.63, 3.8) is 0 Å². The molecule has 8 nitrogen and oxygen atoms in total. The van der Waals surface area contributed by atoms with Crippen molar-refractivity contribution >= 4 is 29.1 Å². The van der Waals surface area contributed by atoms with E-state index in [0.29, 0.717) is 10.4 Å². The molecule has 0 radical (unpaired) electrons. The average Bonchev–Trinajstić information content (AvgIpc) is 3.24. The number of carbonyl (C=O) groups is 3. The standard InChI is InChI=1S/C20H17FN4O4S/c1-11(16-6-7-17(30-16)20(28)29)25-19(27)15-8-14(23-10-24-15)18(26)22-9-12-2-4-13(21)5-3-12/h2-8,10-11H,9H2,1H3,(H,22,26)(H,25,27)(H,28,29)/t11-/m0/s1. The molecule has 3 N–H and O–H groups in total. The van der Waals surface area contributed by atoms with Gasteiger partial charge in [0.1, 0.15) is 28.4 Å². The number of carboxylic acids is 1. The summed E-state index contributed by atoms with van der Waals surface area (Å²) in [5, 5.41) is 14.4. The Hall–Kier alpha value is -3.66. The first kappa shape index (κ1) is 21.1. The Balaban J connectivity index is 1.63. The van der Waals surface area contributed by atoms with Crippen LogP contribution in [0, 0.1) is 5.82 Å². The van der Waals surface area contributed by atoms with Gasteiger partial charge in [-0.2, -0.15) is 0 Å². The van der Waals surface area contributed by atoms with Crippen molar-refractivity contribution in [1.82, 2.24) is 20.6 Å². The number of aromatic nitrogens is 2. The van der Waals surface area contributed by atoms with Crippen LogP contribution in [0.2, 0.25) is 0 Å². The van der Waals surface area contributed by atoms with Crippen LogP contribution in [0.3, 0.4) is 0 Å². The summed E-state index contributed by atoms with van der Waals surface area (Å²) in [6.45, 7) is 1.89. The minimum absolute atomic E-state index is 0.00111. The summed E-state index contributed by atoms with van der Waals surface area (Å²) in [6.07, 6.45) is 1.11. The van der Waals surface area contributed by atoms with E-state index >= 15 is 0 Å². The summed E-state index contributed by atoms with van der Waals surface area (Å²) in [5.74, 6) is -2.43. The zero-order valence-corrected chi connectivity index (χ0v) is 16.6. The summed E-state index contributed by atoms with van der Waals surface area (Å²) in [7, 11) is 0. The summed E-state index contributed by atoms with van der Waals surface area (Å²) >= 11 is 1.07. The van der Waals surface area contributed by atoms with Crippen molar-refractivity contribution in [3.8, 4) is 0 Å². The molecule has 0 unspecified atom stereocenters. The van der Waals surface area contributed by atoms with Crippen LogP contribution in [-0.2, 0) is 6.54 Å². The van der Waals surface area contributed by atoms with Crippen molar-refractivity contribution < 1.29 is 23.9 Å². The number of carboxylic acid groups (broad SMARTS) is 1. The number of amides is 2. The fourth-order valence-electron chi connectivity index (χ4n) is 2.52. The van der Waals surface area contributed by atoms with Gasteiger partial charge in [0.25, 0.3) is 11.8 Å². The van der Waals surface area contributed by atoms with Gasteiger partial charge in [0.2, 0.25) is 0 Å². The van der Waals surface area contributed by atoms with Gasteiger partial charge in [0.15, 0.2) is 0 Å². The van der Waals surface area contributed by atoms with Crippen molar-refractivity contribution in [1.29, 1.82) is 0 Å². The normalized spacial score (nSPS) is 11.5. The maximum absolute atomic E-state index is 12.9. The highest BCUT2D eigenvalue weighted by molar-refractivity contribution is 7.14. The molecule has 154 valence electrons. The van der Waals surface area contributed by atoms with Crippen LogP contribution in [0.25, 0.3) is 0 Å². The van der Waals surface area contributed by atoms with Gasteiger partial charge in [0.05, 0.1) is 6.04 Å². The van der Waals surface area contributed by atoms with E-state index in [1.807, 2.05) is 0 Å². The van der Waals surface area contributed by atoms with Crippen LogP contribution >= 0.6 is 11.3 Å². The average molecular weight is 428 g/mol. The number of rotatable bonds is 7. The quantitative estimate of drug-likeness (QED) is 0.532. The first-order chi connectivity index (χ1) is 14.3. The van der Waals surface area contributed by atoms with Gasteiger partial charge in [-0.25, -0.2) is 19.2 Å². The van der Waals surface area contributed by atoms with Gasteiger partial charge in [-0.1, -0.05) is 12.1 Å². The Morgan fingerprint density at radius 2 is 1.73 bits per heavy atom. The lowest BCUT2D eigenvalue weighted by Crippen LogP contribution is -2.28. The van der Waals surface area contributed by atoms with Crippen LogP contribution in [0.1, 0.15) is 54.1 Å². The number of thiophene rings is 1. The maximum Gasteiger partial charge on any atom is 0.345 e. The molecule has 0 saturated carbocycles. The van der Waals surface area contributed by atoms with E-state index in [2.05, 4.69) is 20.6 Å². The molecule has 0 aliphatic carbocycles. The zero-order valence-electron chi connectivity index (χ0n) is 15.8. The smallest absolute Gasteiger partial charge is 0.345 e. The van der Waals surface area contributed by atoms with E-state index < -0.39 is 23.8 Å². The Morgan fingerprint density at radius 1 is 1.07 bits per heavy atom. The first-order valence-corrected chi connectivity index (χ1v) is 9.63. The Bertz CT molecular complexity index is 1080. The molecule has 2 heterocycles. The molecule has 0 bridgehead atoms. The molecule has 2 aromatic heterocycles. The number of hydrogen-bond acceptors (Lipinski definition) is 6. The summed E-state index contributed by atoms with van der Waals surface area (Å²) < 4.78 is 12.9. The molecule has 3 aromatic rings. The summed E-state index contributed by atoms with van der Waals surface area (Å²) in [6, 6.07) is 9.62. The number of hydrogen-bond donors (Lipinski definition) is 3. The Labute approximate surface area is 174 Å². The molecular formula is C20H17FN4O4S. The largest absolute Gasteiger partial charge is 0.477 e. The van der Waals surface area contributed by atoms with Gasteiger partial charge in [-0.05, 0) is 36.8 Å². The molecule has 0 fully saturated rings. The van der Waals surface area contributed by atoms with Gasteiger partial charge in [-0.3, -0.25) is 9.59 Å². The number of nitrogens with zero attached hydrogens (tertiary/aromatic N) is 2. The van der Waals surface area contributed by atoms with Crippen LogP contribution < -0.4 is 10.6 Å². The predicted octanol–water partition coefficient (Wildman–Crippen LogP) is 2.80. The highest BCUT2D eigenvalue weighted by Gasteiger charge is 2.18. The lowest BCUT2D eigenvalue weighted by molar-refractivity contribution is 0.0701. The van der Waals surface area contributed by atoms with Crippen molar-refractivity contribution in [3.05, 3.63) is 81.3 Å². The minimum atomic E-state index is -1.03. The number of nitrogens with one attached hydrogen (secondary N) is 2. The second kappa shape index (κ2) is 9.23. The molecule has 0 saturated heterocycles. The van der Waals surface area contributed by atoms with Gasteiger partial charge in [0, 0.05) is 17.5 Å². The minimum Gasteiger partial charge on any atom is -0.477 e. The molecule has 1 atom stereocenters. The highest BCUT2D eigenvalue weighted by Crippen LogP contribution is 2.23. The topological polar surface area (TPSA) is 121 Å². The first-order valence-electron chi connectivity index (χ1n) is 8.82. The van der Waals surface area contributed by atoms with E-state index in [9.17, 15) is 18.8 Å². The fraction of sp³-hybridized carbons (Fsp3) is 0.150. The van der Waals surface area contributed by atoms with Gasteiger partial charge >= 0.3 is 5.97 Å². The summed E-state index contributed by atoms with van der Waals surface area (Å²) in [5.41, 5.74) is 0.718. The van der Waals surface area contributed by atoms with Crippen LogP contribution in [-0.4, -0.2) is 32.9 Å². The molecule has 3 rings (SSSR count). The van der Waals surface area contributed by atoms with Crippen LogP contribution in [0.5, 0.6) is 0 Å². The van der Waals surface area contributed by atoms with Crippen molar-refractivity contribution in [2.45, 2.75) is 19.5 Å². The highest BCUT2D eigenvalue weighted by atomic mass is 32.1. The second-order valence-electron chi connectivity index (χ2n) is 6.30. The maximum atomic E-state index is 12.9. The number of aromatic carboxylic acids is 1. The lowest BCUT2D eigenvalue weighted by Gasteiger charge is -2.12. The van der Waals surface area contributed by atoms with E-state index in [1.54, 1.807) is 25.1 Å². The van der Waals surface area contributed by atoms with E-state index in [1.165, 1.54) is 24.3 Å². The van der Waals surface area contributed by atoms with Gasteiger partial charge < -0.3 is 15.7 Å². The molecule has 0 aliphatic rings. The Kier molecular flexibility index (Phi) is 6.48.